The third-order valence-corrected chi connectivity index (χ3v) is 7.41. The van der Waals surface area contributed by atoms with Crippen LogP contribution in [0.15, 0.2) is 107 Å². The number of carbonyl (C=O) groups is 2. The van der Waals surface area contributed by atoms with Gasteiger partial charge in [0.15, 0.2) is 16.6 Å². The van der Waals surface area contributed by atoms with E-state index in [2.05, 4.69) is 15.9 Å². The van der Waals surface area contributed by atoms with E-state index < -0.39 is 16.7 Å². The Balaban J connectivity index is 1.52. The zero-order valence-electron chi connectivity index (χ0n) is 22.8. The third-order valence-electron chi connectivity index (χ3n) is 6.45. The highest BCUT2D eigenvalue weighted by molar-refractivity contribution is 9.10. The van der Waals surface area contributed by atoms with Crippen molar-refractivity contribution in [3.63, 3.8) is 0 Å². The summed E-state index contributed by atoms with van der Waals surface area (Å²) in [7, 11) is 0. The summed E-state index contributed by atoms with van der Waals surface area (Å²) in [6.45, 7) is 2.28. The molecule has 0 unspecified atom stereocenters. The number of thiocarbonyl (C=S) groups is 1. The van der Waals surface area contributed by atoms with E-state index in [0.717, 1.165) is 5.56 Å². The van der Waals surface area contributed by atoms with Gasteiger partial charge in [-0.15, -0.1) is 0 Å². The van der Waals surface area contributed by atoms with Crippen LogP contribution in [0, 0.1) is 10.1 Å². The summed E-state index contributed by atoms with van der Waals surface area (Å²) in [6, 6.07) is 27.3. The van der Waals surface area contributed by atoms with Crippen molar-refractivity contribution in [2.75, 3.05) is 16.4 Å². The summed E-state index contributed by atoms with van der Waals surface area (Å²) in [5.74, 6) is -0.319. The fourth-order valence-electron chi connectivity index (χ4n) is 4.45. The number of ether oxygens (including phenoxy) is 2. The highest BCUT2D eigenvalue weighted by atomic mass is 79.9. The van der Waals surface area contributed by atoms with Gasteiger partial charge < -0.3 is 9.47 Å². The molecule has 1 saturated heterocycles. The molecule has 216 valence electrons. The molecule has 1 heterocycles. The van der Waals surface area contributed by atoms with E-state index in [-0.39, 0.29) is 23.0 Å². The van der Waals surface area contributed by atoms with Gasteiger partial charge in [0.2, 0.25) is 0 Å². The second kappa shape index (κ2) is 13.0. The fourth-order valence-corrected chi connectivity index (χ4v) is 5.40. The average molecular weight is 659 g/mol. The molecule has 1 fully saturated rings. The minimum atomic E-state index is -0.555. The number of nitro groups is 1. The molecule has 4 aromatic carbocycles. The molecule has 0 saturated carbocycles. The van der Waals surface area contributed by atoms with Gasteiger partial charge in [-0.25, -0.2) is 0 Å². The van der Waals surface area contributed by atoms with E-state index >= 15 is 0 Å². The van der Waals surface area contributed by atoms with Gasteiger partial charge in [-0.1, -0.05) is 36.4 Å². The van der Waals surface area contributed by atoms with Crippen molar-refractivity contribution in [3.05, 3.63) is 128 Å². The second-order valence-corrected chi connectivity index (χ2v) is 10.5. The molecular weight excluding hydrogens is 634 g/mol. The molecule has 2 amide bonds. The first-order valence-electron chi connectivity index (χ1n) is 13.2. The molecule has 0 N–H and O–H groups in total. The van der Waals surface area contributed by atoms with Crippen LogP contribution in [-0.4, -0.2) is 28.5 Å². The number of benzene rings is 4. The van der Waals surface area contributed by atoms with Crippen molar-refractivity contribution in [1.82, 2.24) is 0 Å². The molecule has 5 rings (SSSR count). The van der Waals surface area contributed by atoms with Crippen LogP contribution in [0.5, 0.6) is 11.5 Å². The van der Waals surface area contributed by atoms with Crippen LogP contribution in [0.3, 0.4) is 0 Å². The van der Waals surface area contributed by atoms with Crippen molar-refractivity contribution in [1.29, 1.82) is 0 Å². The minimum Gasteiger partial charge on any atom is -0.490 e. The molecule has 4 aromatic rings. The number of nitrogens with zero attached hydrogens (tertiary/aromatic N) is 3. The molecule has 1 aliphatic heterocycles. The number of carbonyl (C=O) groups excluding carboxylic acids is 2. The molecule has 0 aromatic heterocycles. The normalized spacial score (nSPS) is 13.3. The first-order valence-corrected chi connectivity index (χ1v) is 14.4. The topological polar surface area (TPSA) is 102 Å². The second-order valence-electron chi connectivity index (χ2n) is 9.27. The van der Waals surface area contributed by atoms with Crippen molar-refractivity contribution in [2.45, 2.75) is 13.5 Å². The van der Waals surface area contributed by atoms with Gasteiger partial charge in [-0.05, 0) is 101 Å². The number of nitro benzene ring substituents is 1. The van der Waals surface area contributed by atoms with Crippen molar-refractivity contribution in [2.24, 2.45) is 0 Å². The van der Waals surface area contributed by atoms with Crippen LogP contribution in [0.4, 0.5) is 17.1 Å². The van der Waals surface area contributed by atoms with Gasteiger partial charge in [0.25, 0.3) is 17.5 Å². The minimum absolute atomic E-state index is 0.0124. The smallest absolute Gasteiger partial charge is 0.270 e. The summed E-state index contributed by atoms with van der Waals surface area (Å²) in [6.07, 6.45) is 1.51. The predicted molar refractivity (Wildman–Crippen MR) is 171 cm³/mol. The Morgan fingerprint density at radius 1 is 0.860 bits per heavy atom. The fraction of sp³-hybridized carbons (Fsp3) is 0.0938. The van der Waals surface area contributed by atoms with Gasteiger partial charge in [0.05, 0.1) is 27.4 Å². The first-order chi connectivity index (χ1) is 20.8. The molecule has 9 nitrogen and oxygen atoms in total. The van der Waals surface area contributed by atoms with E-state index in [1.165, 1.54) is 28.0 Å². The summed E-state index contributed by atoms with van der Waals surface area (Å²) >= 11 is 9.21. The molecule has 0 spiro atoms. The van der Waals surface area contributed by atoms with Crippen molar-refractivity contribution in [3.8, 4) is 11.5 Å². The lowest BCUT2D eigenvalue weighted by Gasteiger charge is -2.36. The number of halogens is 1. The van der Waals surface area contributed by atoms with Crippen LogP contribution in [0.25, 0.3) is 6.08 Å². The first kappa shape index (κ1) is 29.6. The Hall–Kier alpha value is -4.87. The Morgan fingerprint density at radius 2 is 1.42 bits per heavy atom. The number of amides is 2. The summed E-state index contributed by atoms with van der Waals surface area (Å²) < 4.78 is 12.4. The Morgan fingerprint density at radius 3 is 1.93 bits per heavy atom. The monoisotopic (exact) mass is 657 g/mol. The largest absolute Gasteiger partial charge is 0.490 e. The van der Waals surface area contributed by atoms with E-state index in [1.807, 2.05) is 19.1 Å². The lowest BCUT2D eigenvalue weighted by atomic mass is 10.0. The maximum atomic E-state index is 13.8. The Kier molecular flexibility index (Phi) is 8.93. The molecular formula is C32H24BrN3O6S. The molecule has 0 bridgehead atoms. The number of para-hydroxylation sites is 2. The van der Waals surface area contributed by atoms with Crippen LogP contribution < -0.4 is 19.3 Å². The van der Waals surface area contributed by atoms with E-state index in [1.54, 1.807) is 72.8 Å². The lowest BCUT2D eigenvalue weighted by Crippen LogP contribution is -2.56. The van der Waals surface area contributed by atoms with Gasteiger partial charge >= 0.3 is 0 Å². The number of non-ortho nitro benzene ring substituents is 1. The summed E-state index contributed by atoms with van der Waals surface area (Å²) in [4.78, 5) is 40.8. The molecule has 0 aliphatic carbocycles. The van der Waals surface area contributed by atoms with Gasteiger partial charge in [0, 0.05) is 12.1 Å². The molecule has 0 radical (unpaired) electrons. The standard InChI is InChI=1S/C32H24BrN3O6S/c1-2-41-28-19-22(18-27(33)29(28)42-20-21-13-15-25(16-14-21)36(39)40)17-26-30(37)34(23-9-5-3-6-10-23)32(43)35(31(26)38)24-11-7-4-8-12-24/h3-19H,2,20H2,1H3. The SMILES string of the molecule is CCOc1cc(C=C2C(=O)N(c3ccccc3)C(=S)N(c3ccccc3)C2=O)cc(Br)c1OCc1ccc([N+](=O)[O-])cc1. The van der Waals surface area contributed by atoms with Gasteiger partial charge in [-0.3, -0.25) is 29.5 Å². The quantitative estimate of drug-likeness (QED) is 0.0623. The van der Waals surface area contributed by atoms with Crippen LogP contribution in [0.2, 0.25) is 0 Å². The molecule has 43 heavy (non-hydrogen) atoms. The van der Waals surface area contributed by atoms with E-state index in [4.69, 9.17) is 21.7 Å². The van der Waals surface area contributed by atoms with E-state index in [0.29, 0.717) is 39.5 Å². The van der Waals surface area contributed by atoms with Crippen LogP contribution in [-0.2, 0) is 16.2 Å². The third kappa shape index (κ3) is 6.32. The summed E-state index contributed by atoms with van der Waals surface area (Å²) in [5, 5.41) is 11.0. The molecule has 11 heteroatoms. The number of rotatable bonds is 9. The predicted octanol–water partition coefficient (Wildman–Crippen LogP) is 7.08. The highest BCUT2D eigenvalue weighted by Gasteiger charge is 2.41. The average Bonchev–Trinajstić information content (AvgIpc) is 3.00. The van der Waals surface area contributed by atoms with Crippen LogP contribution in [0.1, 0.15) is 18.1 Å². The van der Waals surface area contributed by atoms with Crippen molar-refractivity contribution >= 4 is 68.2 Å². The number of hydrogen-bond donors (Lipinski definition) is 0. The zero-order chi connectivity index (χ0) is 30.5. The number of anilines is 2. The Bertz CT molecular complexity index is 1670. The zero-order valence-corrected chi connectivity index (χ0v) is 25.2. The highest BCUT2D eigenvalue weighted by Crippen LogP contribution is 2.39. The maximum Gasteiger partial charge on any atom is 0.270 e. The van der Waals surface area contributed by atoms with Gasteiger partial charge in [-0.2, -0.15) is 0 Å². The summed E-state index contributed by atoms with van der Waals surface area (Å²) in [5.41, 5.74) is 2.20. The van der Waals surface area contributed by atoms with Crippen LogP contribution >= 0.6 is 28.1 Å². The Labute approximate surface area is 261 Å². The van der Waals surface area contributed by atoms with E-state index in [9.17, 15) is 19.7 Å². The van der Waals surface area contributed by atoms with Crippen molar-refractivity contribution < 1.29 is 24.0 Å². The number of hydrogen-bond acceptors (Lipinski definition) is 7. The maximum absolute atomic E-state index is 13.8. The van der Waals surface area contributed by atoms with Gasteiger partial charge in [0.1, 0.15) is 12.2 Å². The molecule has 1 aliphatic rings. The lowest BCUT2D eigenvalue weighted by molar-refractivity contribution is -0.384. The molecule has 0 atom stereocenters.